The van der Waals surface area contributed by atoms with Crippen molar-refractivity contribution in [3.05, 3.63) is 10.7 Å². The number of carbonyl (C=O) groups is 1. The van der Waals surface area contributed by atoms with Gasteiger partial charge in [-0.15, -0.1) is 11.3 Å². The van der Waals surface area contributed by atoms with Gasteiger partial charge in [-0.3, -0.25) is 0 Å². The summed E-state index contributed by atoms with van der Waals surface area (Å²) in [6.45, 7) is 2.41. The first-order valence-electron chi connectivity index (χ1n) is 7.39. The standard InChI is InChI=1S/C15H20N2O2S/c1-14-3-8-2-9(4-14)6-15(5-8,7-14)13-17-10(12(18)19)11(16)20-13/h8-9H,2-7,16H2,1H3,(H,18,19). The summed E-state index contributed by atoms with van der Waals surface area (Å²) in [7, 11) is 0. The molecule has 2 unspecified atom stereocenters. The van der Waals surface area contributed by atoms with Crippen LogP contribution >= 0.6 is 11.3 Å². The molecule has 0 saturated heterocycles. The number of carboxylic acids is 1. The van der Waals surface area contributed by atoms with Gasteiger partial charge in [-0.2, -0.15) is 0 Å². The molecule has 20 heavy (non-hydrogen) atoms. The fourth-order valence-corrected chi connectivity index (χ4v) is 6.71. The number of anilines is 1. The smallest absolute Gasteiger partial charge is 0.357 e. The topological polar surface area (TPSA) is 76.2 Å². The van der Waals surface area contributed by atoms with Crippen molar-refractivity contribution >= 4 is 22.3 Å². The fourth-order valence-electron chi connectivity index (χ4n) is 5.68. The zero-order valence-electron chi connectivity index (χ0n) is 11.7. The zero-order valence-corrected chi connectivity index (χ0v) is 12.5. The first kappa shape index (κ1) is 12.6. The molecule has 4 aliphatic carbocycles. The Hall–Kier alpha value is -1.10. The van der Waals surface area contributed by atoms with Gasteiger partial charge in [-0.1, -0.05) is 6.92 Å². The van der Waals surface area contributed by atoms with Gasteiger partial charge >= 0.3 is 5.97 Å². The number of thiazole rings is 1. The Kier molecular flexibility index (Phi) is 2.37. The van der Waals surface area contributed by atoms with Crippen molar-refractivity contribution in [2.45, 2.75) is 50.9 Å². The van der Waals surface area contributed by atoms with Gasteiger partial charge in [0.15, 0.2) is 5.69 Å². The van der Waals surface area contributed by atoms with Gasteiger partial charge in [-0.05, 0) is 55.8 Å². The highest BCUT2D eigenvalue weighted by Crippen LogP contribution is 2.66. The van der Waals surface area contributed by atoms with Crippen molar-refractivity contribution in [2.75, 3.05) is 5.73 Å². The van der Waals surface area contributed by atoms with Crippen molar-refractivity contribution in [3.8, 4) is 0 Å². The summed E-state index contributed by atoms with van der Waals surface area (Å²) in [6.07, 6.45) is 7.59. The van der Waals surface area contributed by atoms with Crippen LogP contribution in [0.1, 0.15) is 60.9 Å². The lowest BCUT2D eigenvalue weighted by Crippen LogP contribution is -2.52. The molecule has 0 radical (unpaired) electrons. The van der Waals surface area contributed by atoms with Crippen LogP contribution in [0.3, 0.4) is 0 Å². The van der Waals surface area contributed by atoms with Crippen molar-refractivity contribution in [1.29, 1.82) is 0 Å². The van der Waals surface area contributed by atoms with E-state index in [1.54, 1.807) is 0 Å². The predicted molar refractivity (Wildman–Crippen MR) is 78.0 cm³/mol. The van der Waals surface area contributed by atoms with E-state index in [2.05, 4.69) is 11.9 Å². The fraction of sp³-hybridized carbons (Fsp3) is 0.733. The lowest BCUT2D eigenvalue weighted by Gasteiger charge is -2.60. The minimum atomic E-state index is -0.999. The number of hydrogen-bond donors (Lipinski definition) is 2. The zero-order chi connectivity index (χ0) is 14.1. The second-order valence-corrected chi connectivity index (χ2v) is 8.62. The third kappa shape index (κ3) is 1.65. The molecule has 2 atom stereocenters. The molecule has 1 aromatic heterocycles. The van der Waals surface area contributed by atoms with Crippen molar-refractivity contribution in [2.24, 2.45) is 17.3 Å². The van der Waals surface area contributed by atoms with Gasteiger partial charge in [0.1, 0.15) is 10.0 Å². The van der Waals surface area contributed by atoms with E-state index < -0.39 is 5.97 Å². The highest BCUT2D eigenvalue weighted by molar-refractivity contribution is 7.16. The number of aromatic carboxylic acids is 1. The molecule has 0 aliphatic heterocycles. The maximum Gasteiger partial charge on any atom is 0.357 e. The maximum absolute atomic E-state index is 11.2. The second-order valence-electron chi connectivity index (χ2n) is 7.59. The van der Waals surface area contributed by atoms with Crippen molar-refractivity contribution in [3.63, 3.8) is 0 Å². The molecular formula is C15H20N2O2S. The van der Waals surface area contributed by atoms with Gasteiger partial charge in [0, 0.05) is 5.41 Å². The number of carboxylic acid groups (broad SMARTS) is 1. The molecule has 4 bridgehead atoms. The predicted octanol–water partition coefficient (Wildman–Crippen LogP) is 3.28. The Morgan fingerprint density at radius 3 is 2.50 bits per heavy atom. The number of rotatable bonds is 2. The Balaban J connectivity index is 1.78. The van der Waals surface area contributed by atoms with Gasteiger partial charge < -0.3 is 10.8 Å². The molecule has 1 aromatic rings. The van der Waals surface area contributed by atoms with Crippen LogP contribution in [0, 0.1) is 17.3 Å². The van der Waals surface area contributed by atoms with E-state index in [1.807, 2.05) is 0 Å². The average Bonchev–Trinajstić information content (AvgIpc) is 2.68. The summed E-state index contributed by atoms with van der Waals surface area (Å²) in [5.74, 6) is 0.611. The number of aromatic nitrogens is 1. The monoisotopic (exact) mass is 292 g/mol. The van der Waals surface area contributed by atoms with Crippen molar-refractivity contribution in [1.82, 2.24) is 4.98 Å². The minimum absolute atomic E-state index is 0.0610. The van der Waals surface area contributed by atoms with Crippen LogP contribution in [-0.2, 0) is 5.41 Å². The SMILES string of the molecule is CC12CC3CC(C1)CC(c1nc(C(=O)O)c(N)s1)(C3)C2. The molecule has 1 heterocycles. The lowest BCUT2D eigenvalue weighted by molar-refractivity contribution is -0.0616. The lowest BCUT2D eigenvalue weighted by atomic mass is 9.45. The van der Waals surface area contributed by atoms with Crippen molar-refractivity contribution < 1.29 is 9.90 Å². The third-order valence-electron chi connectivity index (χ3n) is 5.66. The Labute approximate surface area is 122 Å². The normalized spacial score (nSPS) is 42.0. The average molecular weight is 292 g/mol. The first-order valence-corrected chi connectivity index (χ1v) is 8.21. The third-order valence-corrected chi connectivity index (χ3v) is 6.79. The number of nitrogen functional groups attached to an aromatic ring is 1. The van der Waals surface area contributed by atoms with E-state index >= 15 is 0 Å². The van der Waals surface area contributed by atoms with Crippen LogP contribution in [0.2, 0.25) is 0 Å². The highest BCUT2D eigenvalue weighted by atomic mass is 32.1. The summed E-state index contributed by atoms with van der Waals surface area (Å²) in [5, 5.41) is 10.5. The van der Waals surface area contributed by atoms with Crippen LogP contribution in [0.25, 0.3) is 0 Å². The van der Waals surface area contributed by atoms with Gasteiger partial charge in [0.2, 0.25) is 0 Å². The molecular weight excluding hydrogens is 272 g/mol. The summed E-state index contributed by atoms with van der Waals surface area (Å²) in [5.41, 5.74) is 6.49. The quantitative estimate of drug-likeness (QED) is 0.877. The van der Waals surface area contributed by atoms with E-state index in [1.165, 1.54) is 49.9 Å². The Morgan fingerprint density at radius 2 is 2.00 bits per heavy atom. The molecule has 5 rings (SSSR count). The Morgan fingerprint density at radius 1 is 1.35 bits per heavy atom. The summed E-state index contributed by atoms with van der Waals surface area (Å²) in [4.78, 5) is 15.6. The summed E-state index contributed by atoms with van der Waals surface area (Å²) < 4.78 is 0. The largest absolute Gasteiger partial charge is 0.476 e. The molecule has 5 heteroatoms. The molecule has 4 aliphatic rings. The minimum Gasteiger partial charge on any atom is -0.476 e. The van der Waals surface area contributed by atoms with E-state index in [9.17, 15) is 9.90 Å². The molecule has 4 fully saturated rings. The number of hydrogen-bond acceptors (Lipinski definition) is 4. The summed E-state index contributed by atoms with van der Waals surface area (Å²) >= 11 is 1.42. The molecule has 0 amide bonds. The van der Waals surface area contributed by atoms with Crippen LogP contribution in [0.4, 0.5) is 5.00 Å². The number of nitrogens with zero attached hydrogens (tertiary/aromatic N) is 1. The van der Waals surface area contributed by atoms with Crippen LogP contribution in [0.5, 0.6) is 0 Å². The van der Waals surface area contributed by atoms with Crippen LogP contribution in [-0.4, -0.2) is 16.1 Å². The van der Waals surface area contributed by atoms with Crippen LogP contribution < -0.4 is 5.73 Å². The highest BCUT2D eigenvalue weighted by Gasteiger charge is 2.57. The molecule has 108 valence electrons. The van der Waals surface area contributed by atoms with E-state index in [-0.39, 0.29) is 11.1 Å². The maximum atomic E-state index is 11.2. The van der Waals surface area contributed by atoms with Crippen LogP contribution in [0.15, 0.2) is 0 Å². The van der Waals surface area contributed by atoms with Gasteiger partial charge in [0.05, 0.1) is 0 Å². The Bertz CT molecular complexity index is 581. The van der Waals surface area contributed by atoms with Gasteiger partial charge in [0.25, 0.3) is 0 Å². The molecule has 4 saturated carbocycles. The molecule has 0 spiro atoms. The van der Waals surface area contributed by atoms with Gasteiger partial charge in [-0.25, -0.2) is 9.78 Å². The van der Waals surface area contributed by atoms with E-state index in [0.29, 0.717) is 10.4 Å². The molecule has 3 N–H and O–H groups in total. The first-order chi connectivity index (χ1) is 9.39. The summed E-state index contributed by atoms with van der Waals surface area (Å²) in [6, 6.07) is 0. The second kappa shape index (κ2) is 3.75. The molecule has 4 nitrogen and oxygen atoms in total. The number of nitrogens with two attached hydrogens (primary N) is 1. The van der Waals surface area contributed by atoms with E-state index in [4.69, 9.17) is 5.73 Å². The van der Waals surface area contributed by atoms with E-state index in [0.717, 1.165) is 16.8 Å². The molecule has 0 aromatic carbocycles.